The van der Waals surface area contributed by atoms with E-state index in [0.717, 1.165) is 6.07 Å². The van der Waals surface area contributed by atoms with Gasteiger partial charge in [0.1, 0.15) is 5.69 Å². The second kappa shape index (κ2) is 3.92. The Morgan fingerprint density at radius 1 is 1.40 bits per heavy atom. The first-order valence-electron chi connectivity index (χ1n) is 4.33. The minimum absolute atomic E-state index is 0.157. The maximum Gasteiger partial charge on any atom is 0.433 e. The Morgan fingerprint density at radius 3 is 2.47 bits per heavy atom. The number of alkyl halides is 3. The van der Waals surface area contributed by atoms with Gasteiger partial charge in [-0.3, -0.25) is 0 Å². The van der Waals surface area contributed by atoms with E-state index in [4.69, 9.17) is 5.73 Å². The maximum atomic E-state index is 12.4. The van der Waals surface area contributed by atoms with Crippen LogP contribution in [0.4, 0.5) is 18.9 Å². The summed E-state index contributed by atoms with van der Waals surface area (Å²) in [6.07, 6.45) is -1.38. The molecule has 82 valence electrons. The zero-order chi connectivity index (χ0) is 11.6. The number of halogens is 3. The topological polar surface area (TPSA) is 38.9 Å². The van der Waals surface area contributed by atoms with Crippen LogP contribution in [0.2, 0.25) is 0 Å². The van der Waals surface area contributed by atoms with Gasteiger partial charge in [0.15, 0.2) is 0 Å². The van der Waals surface area contributed by atoms with Gasteiger partial charge in [0, 0.05) is 0 Å². The number of hydrogen-bond acceptors (Lipinski definition) is 2. The number of nitrogens with zero attached hydrogens (tertiary/aromatic N) is 1. The van der Waals surface area contributed by atoms with E-state index in [1.807, 2.05) is 0 Å². The van der Waals surface area contributed by atoms with Gasteiger partial charge < -0.3 is 5.73 Å². The number of hydrogen-bond donors (Lipinski definition) is 1. The molecule has 0 aliphatic heterocycles. The zero-order valence-corrected chi connectivity index (χ0v) is 8.39. The summed E-state index contributed by atoms with van der Waals surface area (Å²) in [7, 11) is 0. The molecule has 1 aromatic heterocycles. The fraction of sp³-hybridized carbons (Fsp3) is 0.300. The van der Waals surface area contributed by atoms with Crippen LogP contribution in [0.1, 0.15) is 23.9 Å². The third-order valence-corrected chi connectivity index (χ3v) is 1.91. The molecule has 0 fully saturated rings. The molecular weight excluding hydrogens is 205 g/mol. The summed E-state index contributed by atoms with van der Waals surface area (Å²) in [5, 5.41) is 0. The Kier molecular flexibility index (Phi) is 3.02. The van der Waals surface area contributed by atoms with Crippen molar-refractivity contribution in [3.05, 3.63) is 29.1 Å². The minimum atomic E-state index is -4.44. The zero-order valence-electron chi connectivity index (χ0n) is 8.39. The highest BCUT2D eigenvalue weighted by Gasteiger charge is 2.33. The molecule has 1 rings (SSSR count). The van der Waals surface area contributed by atoms with Gasteiger partial charge in [-0.25, -0.2) is 4.98 Å². The van der Waals surface area contributed by atoms with Crippen LogP contribution in [0, 0.1) is 6.92 Å². The third-order valence-electron chi connectivity index (χ3n) is 1.91. The number of allylic oxidation sites excluding steroid dienone is 1. The van der Waals surface area contributed by atoms with Crippen LogP contribution in [0.3, 0.4) is 0 Å². The molecule has 2 N–H and O–H groups in total. The predicted octanol–water partition coefficient (Wildman–Crippen LogP) is 3.02. The van der Waals surface area contributed by atoms with Crippen LogP contribution in [0.5, 0.6) is 0 Å². The lowest BCUT2D eigenvalue weighted by atomic mass is 10.1. The lowest BCUT2D eigenvalue weighted by Gasteiger charge is -2.10. The molecule has 0 radical (unpaired) electrons. The van der Waals surface area contributed by atoms with Gasteiger partial charge in [-0.05, 0) is 31.6 Å². The number of nitrogen functional groups attached to an aromatic ring is 1. The van der Waals surface area contributed by atoms with Gasteiger partial charge in [0.05, 0.1) is 11.4 Å². The molecular formula is C10H11F3N2. The van der Waals surface area contributed by atoms with Crippen molar-refractivity contribution in [2.45, 2.75) is 20.0 Å². The van der Waals surface area contributed by atoms with E-state index in [0.29, 0.717) is 5.56 Å². The molecule has 0 saturated carbocycles. The van der Waals surface area contributed by atoms with E-state index in [9.17, 15) is 13.2 Å². The number of aromatic nitrogens is 1. The second-order valence-corrected chi connectivity index (χ2v) is 3.12. The summed E-state index contributed by atoms with van der Waals surface area (Å²) in [4.78, 5) is 3.46. The Labute approximate surface area is 85.6 Å². The molecule has 2 nitrogen and oxygen atoms in total. The van der Waals surface area contributed by atoms with Crippen molar-refractivity contribution in [1.29, 1.82) is 0 Å². The van der Waals surface area contributed by atoms with Gasteiger partial charge in [0.2, 0.25) is 0 Å². The van der Waals surface area contributed by atoms with E-state index in [-0.39, 0.29) is 11.4 Å². The van der Waals surface area contributed by atoms with Crippen LogP contribution < -0.4 is 5.73 Å². The van der Waals surface area contributed by atoms with E-state index in [1.54, 1.807) is 13.0 Å². The van der Waals surface area contributed by atoms with Crippen LogP contribution in [0.15, 0.2) is 12.1 Å². The van der Waals surface area contributed by atoms with Crippen LogP contribution in [0.25, 0.3) is 6.08 Å². The van der Waals surface area contributed by atoms with Gasteiger partial charge in [-0.2, -0.15) is 13.2 Å². The number of nitrogens with two attached hydrogens (primary N) is 1. The summed E-state index contributed by atoms with van der Waals surface area (Å²) in [5.41, 5.74) is 5.50. The van der Waals surface area contributed by atoms with Gasteiger partial charge in [0.25, 0.3) is 0 Å². The number of pyridine rings is 1. The molecule has 0 aromatic carbocycles. The fourth-order valence-electron chi connectivity index (χ4n) is 1.14. The van der Waals surface area contributed by atoms with Crippen molar-refractivity contribution >= 4 is 11.8 Å². The monoisotopic (exact) mass is 216 g/mol. The van der Waals surface area contributed by atoms with E-state index < -0.39 is 11.9 Å². The maximum absolute atomic E-state index is 12.4. The molecule has 0 aliphatic rings. The Hall–Kier alpha value is -1.52. The van der Waals surface area contributed by atoms with Crippen molar-refractivity contribution < 1.29 is 13.2 Å². The minimum Gasteiger partial charge on any atom is -0.397 e. The largest absolute Gasteiger partial charge is 0.433 e. The summed E-state index contributed by atoms with van der Waals surface area (Å²) < 4.78 is 37.2. The molecule has 0 spiro atoms. The van der Waals surface area contributed by atoms with Gasteiger partial charge in [-0.1, -0.05) is 6.08 Å². The van der Waals surface area contributed by atoms with E-state index in [2.05, 4.69) is 4.98 Å². The molecule has 0 aliphatic carbocycles. The van der Waals surface area contributed by atoms with Crippen molar-refractivity contribution in [2.75, 3.05) is 5.73 Å². The summed E-state index contributed by atoms with van der Waals surface area (Å²) in [6, 6.07) is 0.947. The quantitative estimate of drug-likeness (QED) is 0.783. The lowest BCUT2D eigenvalue weighted by Crippen LogP contribution is -2.11. The third kappa shape index (κ3) is 2.49. The predicted molar refractivity (Wildman–Crippen MR) is 53.1 cm³/mol. The molecule has 15 heavy (non-hydrogen) atoms. The van der Waals surface area contributed by atoms with Gasteiger partial charge in [-0.15, -0.1) is 0 Å². The molecule has 0 amide bonds. The second-order valence-electron chi connectivity index (χ2n) is 3.12. The first-order valence-corrected chi connectivity index (χ1v) is 4.33. The summed E-state index contributed by atoms with van der Waals surface area (Å²) >= 11 is 0. The van der Waals surface area contributed by atoms with Gasteiger partial charge >= 0.3 is 6.18 Å². The molecule has 5 heteroatoms. The molecule has 0 bridgehead atoms. The smallest absolute Gasteiger partial charge is 0.397 e. The van der Waals surface area contributed by atoms with Crippen molar-refractivity contribution in [3.63, 3.8) is 0 Å². The average molecular weight is 216 g/mol. The van der Waals surface area contributed by atoms with E-state index >= 15 is 0 Å². The number of rotatable bonds is 1. The van der Waals surface area contributed by atoms with Crippen molar-refractivity contribution in [1.82, 2.24) is 4.98 Å². The highest BCUT2D eigenvalue weighted by molar-refractivity contribution is 5.64. The van der Waals surface area contributed by atoms with Crippen molar-refractivity contribution in [2.24, 2.45) is 0 Å². The fourth-order valence-corrected chi connectivity index (χ4v) is 1.14. The first kappa shape index (κ1) is 11.6. The summed E-state index contributed by atoms with van der Waals surface area (Å²) in [6.45, 7) is 3.22. The molecule has 0 unspecified atom stereocenters. The Bertz CT molecular complexity index is 394. The summed E-state index contributed by atoms with van der Waals surface area (Å²) in [5.74, 6) is 0. The standard InChI is InChI=1S/C10H11F3N2/c1-3-4-7-9(14)6(2)5-8(15-7)10(11,12)13/h3-5H,14H2,1-2H3/b4-3+. The SMILES string of the molecule is C/C=C/c1nc(C(F)(F)F)cc(C)c1N. The molecule has 1 heterocycles. The first-order chi connectivity index (χ1) is 6.86. The highest BCUT2D eigenvalue weighted by atomic mass is 19.4. The number of anilines is 1. The average Bonchev–Trinajstić information content (AvgIpc) is 2.11. The number of aryl methyl sites for hydroxylation is 1. The van der Waals surface area contributed by atoms with Crippen LogP contribution >= 0.6 is 0 Å². The van der Waals surface area contributed by atoms with Crippen LogP contribution in [-0.2, 0) is 6.18 Å². The van der Waals surface area contributed by atoms with E-state index in [1.165, 1.54) is 13.0 Å². The Balaban J connectivity index is 3.36. The molecule has 0 atom stereocenters. The normalized spacial score (nSPS) is 12.3. The molecule has 0 saturated heterocycles. The van der Waals surface area contributed by atoms with Crippen molar-refractivity contribution in [3.8, 4) is 0 Å². The van der Waals surface area contributed by atoms with Crippen LogP contribution in [-0.4, -0.2) is 4.98 Å². The lowest BCUT2D eigenvalue weighted by molar-refractivity contribution is -0.141. The molecule has 1 aromatic rings. The Morgan fingerprint density at radius 2 is 2.00 bits per heavy atom. The highest BCUT2D eigenvalue weighted by Crippen LogP contribution is 2.30.